The first-order chi connectivity index (χ1) is 12.4. The number of benzene rings is 1. The van der Waals surface area contributed by atoms with Crippen LogP contribution in [0.25, 0.3) is 0 Å². The van der Waals surface area contributed by atoms with E-state index in [1.54, 1.807) is 24.3 Å². The molecule has 140 valence electrons. The van der Waals surface area contributed by atoms with Crippen LogP contribution in [0.1, 0.15) is 47.4 Å². The van der Waals surface area contributed by atoms with Crippen LogP contribution in [0.4, 0.5) is 0 Å². The summed E-state index contributed by atoms with van der Waals surface area (Å²) in [5, 5.41) is 0. The van der Waals surface area contributed by atoms with Crippen LogP contribution in [0.3, 0.4) is 0 Å². The number of ether oxygens (including phenoxy) is 2. The predicted molar refractivity (Wildman–Crippen MR) is 92.7 cm³/mol. The van der Waals surface area contributed by atoms with Crippen LogP contribution in [0, 0.1) is 5.92 Å². The number of rotatable bonds is 10. The van der Waals surface area contributed by atoms with Crippen molar-refractivity contribution in [2.24, 2.45) is 5.92 Å². The molecule has 7 nitrogen and oxygen atoms in total. The zero-order valence-electron chi connectivity index (χ0n) is 15.0. The number of imide groups is 1. The minimum atomic E-state index is -0.557. The number of ketones is 1. The highest BCUT2D eigenvalue weighted by molar-refractivity contribution is 6.21. The average molecular weight is 361 g/mol. The third-order valence-corrected chi connectivity index (χ3v) is 3.73. The Hall–Kier alpha value is -2.54. The lowest BCUT2D eigenvalue weighted by Crippen LogP contribution is -2.31. The molecule has 1 aromatic carbocycles. The Bertz CT molecular complexity index is 662. The van der Waals surface area contributed by atoms with Crippen molar-refractivity contribution in [1.29, 1.82) is 0 Å². The summed E-state index contributed by atoms with van der Waals surface area (Å²) in [6.07, 6.45) is 0.0989. The topological polar surface area (TPSA) is 90.0 Å². The molecule has 1 aliphatic rings. The third-order valence-electron chi connectivity index (χ3n) is 3.73. The predicted octanol–water partition coefficient (Wildman–Crippen LogP) is 1.85. The van der Waals surface area contributed by atoms with Crippen molar-refractivity contribution in [1.82, 2.24) is 4.90 Å². The SMILES string of the molecule is CC(C)COC(=O)CC(=O)COCCCN1C(=O)c2ccccc2C1=O. The largest absolute Gasteiger partial charge is 0.465 e. The second-order valence-electron chi connectivity index (χ2n) is 6.51. The first kappa shape index (κ1) is 19.8. The van der Waals surface area contributed by atoms with E-state index in [2.05, 4.69) is 0 Å². The number of Topliss-reactive ketones (excluding diaryl/α,β-unsaturated/α-hetero) is 1. The van der Waals surface area contributed by atoms with E-state index in [0.717, 1.165) is 0 Å². The molecular formula is C19H23NO6. The van der Waals surface area contributed by atoms with E-state index >= 15 is 0 Å². The van der Waals surface area contributed by atoms with Gasteiger partial charge in [-0.15, -0.1) is 0 Å². The highest BCUT2D eigenvalue weighted by Gasteiger charge is 2.34. The minimum Gasteiger partial charge on any atom is -0.465 e. The number of hydrogen-bond donors (Lipinski definition) is 0. The molecular weight excluding hydrogens is 338 g/mol. The lowest BCUT2D eigenvalue weighted by Gasteiger charge is -2.13. The number of carbonyl (C=O) groups is 4. The molecule has 0 bridgehead atoms. The summed E-state index contributed by atoms with van der Waals surface area (Å²) in [7, 11) is 0. The standard InChI is InChI=1S/C19H23NO6/c1-13(2)11-26-17(22)10-14(21)12-25-9-5-8-20-18(23)15-6-3-4-7-16(15)19(20)24/h3-4,6-7,13H,5,8-12H2,1-2H3. The molecule has 0 atom stereocenters. The smallest absolute Gasteiger partial charge is 0.313 e. The lowest BCUT2D eigenvalue weighted by molar-refractivity contribution is -0.147. The minimum absolute atomic E-state index is 0.196. The van der Waals surface area contributed by atoms with Crippen molar-refractivity contribution in [3.63, 3.8) is 0 Å². The van der Waals surface area contributed by atoms with Crippen molar-refractivity contribution >= 4 is 23.6 Å². The van der Waals surface area contributed by atoms with E-state index in [-0.39, 0.29) is 56.3 Å². The molecule has 7 heteroatoms. The molecule has 1 aromatic rings. The second kappa shape index (κ2) is 9.24. The maximum atomic E-state index is 12.2. The van der Waals surface area contributed by atoms with Gasteiger partial charge in [-0.05, 0) is 24.5 Å². The van der Waals surface area contributed by atoms with Crippen LogP contribution in [-0.4, -0.2) is 54.8 Å². The maximum Gasteiger partial charge on any atom is 0.313 e. The first-order valence-electron chi connectivity index (χ1n) is 8.60. The van der Waals surface area contributed by atoms with E-state index in [1.807, 2.05) is 13.8 Å². The van der Waals surface area contributed by atoms with Crippen LogP contribution in [0.5, 0.6) is 0 Å². The summed E-state index contributed by atoms with van der Waals surface area (Å²) in [5.74, 6) is -1.32. The number of nitrogens with zero attached hydrogens (tertiary/aromatic N) is 1. The molecule has 0 radical (unpaired) electrons. The number of amides is 2. The van der Waals surface area contributed by atoms with Gasteiger partial charge in [-0.3, -0.25) is 24.1 Å². The van der Waals surface area contributed by atoms with Crippen molar-refractivity contribution in [2.75, 3.05) is 26.4 Å². The highest BCUT2D eigenvalue weighted by atomic mass is 16.5. The number of fused-ring (bicyclic) bond motifs is 1. The first-order valence-corrected chi connectivity index (χ1v) is 8.60. The fraction of sp³-hybridized carbons (Fsp3) is 0.474. The lowest BCUT2D eigenvalue weighted by atomic mass is 10.1. The molecule has 0 spiro atoms. The van der Waals surface area contributed by atoms with Gasteiger partial charge in [0.1, 0.15) is 13.0 Å². The molecule has 0 saturated carbocycles. The molecule has 2 amide bonds. The molecule has 1 aliphatic heterocycles. The Balaban J connectivity index is 1.64. The summed E-state index contributed by atoms with van der Waals surface area (Å²) in [4.78, 5) is 48.6. The zero-order valence-corrected chi connectivity index (χ0v) is 15.0. The quantitative estimate of drug-likeness (QED) is 0.273. The molecule has 26 heavy (non-hydrogen) atoms. The zero-order chi connectivity index (χ0) is 19.1. The monoisotopic (exact) mass is 361 g/mol. The van der Waals surface area contributed by atoms with Crippen LogP contribution in [0.15, 0.2) is 24.3 Å². The summed E-state index contributed by atoms with van der Waals surface area (Å²) in [6.45, 7) is 4.34. The number of hydrogen-bond acceptors (Lipinski definition) is 6. The Morgan fingerprint density at radius 2 is 1.69 bits per heavy atom. The van der Waals surface area contributed by atoms with Gasteiger partial charge in [0.05, 0.1) is 17.7 Å². The Morgan fingerprint density at radius 1 is 1.08 bits per heavy atom. The van der Waals surface area contributed by atoms with Crippen LogP contribution in [-0.2, 0) is 19.1 Å². The summed E-state index contributed by atoms with van der Waals surface area (Å²) < 4.78 is 10.1. The van der Waals surface area contributed by atoms with Crippen molar-refractivity contribution in [2.45, 2.75) is 26.7 Å². The molecule has 0 fully saturated rings. The van der Waals surface area contributed by atoms with Crippen LogP contribution < -0.4 is 0 Å². The third kappa shape index (κ3) is 5.23. The van der Waals surface area contributed by atoms with Gasteiger partial charge in [-0.2, -0.15) is 0 Å². The van der Waals surface area contributed by atoms with Gasteiger partial charge in [0.2, 0.25) is 0 Å². The average Bonchev–Trinajstić information content (AvgIpc) is 2.84. The van der Waals surface area contributed by atoms with Gasteiger partial charge >= 0.3 is 5.97 Å². The molecule has 0 N–H and O–H groups in total. The van der Waals surface area contributed by atoms with E-state index in [0.29, 0.717) is 17.5 Å². The fourth-order valence-electron chi connectivity index (χ4n) is 2.48. The van der Waals surface area contributed by atoms with Gasteiger partial charge in [-0.25, -0.2) is 0 Å². The van der Waals surface area contributed by atoms with Crippen LogP contribution in [0.2, 0.25) is 0 Å². The van der Waals surface area contributed by atoms with Gasteiger partial charge in [0.25, 0.3) is 11.8 Å². The highest BCUT2D eigenvalue weighted by Crippen LogP contribution is 2.22. The molecule has 0 unspecified atom stereocenters. The van der Waals surface area contributed by atoms with Gasteiger partial charge in [0, 0.05) is 13.2 Å². The molecule has 0 aliphatic carbocycles. The normalized spacial score (nSPS) is 13.3. The Morgan fingerprint density at radius 3 is 2.27 bits per heavy atom. The van der Waals surface area contributed by atoms with Gasteiger partial charge < -0.3 is 9.47 Å². The molecule has 0 saturated heterocycles. The van der Waals surface area contributed by atoms with Crippen molar-refractivity contribution < 1.29 is 28.7 Å². The second-order valence-corrected chi connectivity index (χ2v) is 6.51. The maximum absolute atomic E-state index is 12.2. The Labute approximate surface area is 152 Å². The van der Waals surface area contributed by atoms with Crippen LogP contribution >= 0.6 is 0 Å². The van der Waals surface area contributed by atoms with E-state index in [9.17, 15) is 19.2 Å². The summed E-state index contributed by atoms with van der Waals surface area (Å²) in [5.41, 5.74) is 0.821. The number of esters is 1. The molecule has 0 aromatic heterocycles. The van der Waals surface area contributed by atoms with Gasteiger partial charge in [-0.1, -0.05) is 26.0 Å². The Kier molecular flexibility index (Phi) is 7.03. The molecule has 1 heterocycles. The fourth-order valence-corrected chi connectivity index (χ4v) is 2.48. The molecule has 2 rings (SSSR count). The van der Waals surface area contributed by atoms with E-state index in [4.69, 9.17) is 9.47 Å². The van der Waals surface area contributed by atoms with Gasteiger partial charge in [0.15, 0.2) is 5.78 Å². The van der Waals surface area contributed by atoms with Crippen molar-refractivity contribution in [3.05, 3.63) is 35.4 Å². The summed E-state index contributed by atoms with van der Waals surface area (Å²) >= 11 is 0. The van der Waals surface area contributed by atoms with E-state index in [1.165, 1.54) is 4.90 Å². The summed E-state index contributed by atoms with van der Waals surface area (Å²) in [6, 6.07) is 6.69. The van der Waals surface area contributed by atoms with Crippen molar-refractivity contribution in [3.8, 4) is 0 Å². The van der Waals surface area contributed by atoms with E-state index < -0.39 is 5.97 Å². The number of carbonyl (C=O) groups excluding carboxylic acids is 4.